The molecule has 0 bridgehead atoms. The lowest BCUT2D eigenvalue weighted by Crippen LogP contribution is -2.18. The molecule has 0 spiro atoms. The zero-order valence-electron chi connectivity index (χ0n) is 10.4. The number of halogens is 4. The number of carbonyl (C=O) groups is 1. The van der Waals surface area contributed by atoms with Crippen molar-refractivity contribution in [2.75, 3.05) is 0 Å². The molecule has 0 saturated heterocycles. The summed E-state index contributed by atoms with van der Waals surface area (Å²) in [7, 11) is 0. The Morgan fingerprint density at radius 3 is 2.57 bits per heavy atom. The second-order valence-electron chi connectivity index (χ2n) is 3.96. The van der Waals surface area contributed by atoms with Crippen LogP contribution in [0.25, 0.3) is 0 Å². The van der Waals surface area contributed by atoms with E-state index in [0.29, 0.717) is 5.02 Å². The first-order chi connectivity index (χ1) is 9.99. The van der Waals surface area contributed by atoms with Crippen LogP contribution in [0.5, 0.6) is 0 Å². The molecule has 0 fully saturated rings. The van der Waals surface area contributed by atoms with Crippen molar-refractivity contribution < 1.29 is 9.18 Å². The van der Waals surface area contributed by atoms with E-state index in [-0.39, 0.29) is 21.2 Å². The highest BCUT2D eigenvalue weighted by molar-refractivity contribution is 6.36. The van der Waals surface area contributed by atoms with E-state index < -0.39 is 11.7 Å². The Hall–Kier alpha value is -1.62. The van der Waals surface area contributed by atoms with Gasteiger partial charge < -0.3 is 0 Å². The van der Waals surface area contributed by atoms with Crippen LogP contribution < -0.4 is 5.43 Å². The Bertz CT molecular complexity index is 699. The average molecular weight is 346 g/mol. The molecule has 0 aliphatic heterocycles. The van der Waals surface area contributed by atoms with E-state index in [1.54, 1.807) is 0 Å². The highest BCUT2D eigenvalue weighted by Gasteiger charge is 2.10. The number of benzene rings is 2. The molecule has 2 rings (SSSR count). The summed E-state index contributed by atoms with van der Waals surface area (Å²) in [5.41, 5.74) is 2.53. The minimum atomic E-state index is -0.541. The highest BCUT2D eigenvalue weighted by atomic mass is 35.5. The van der Waals surface area contributed by atoms with E-state index in [4.69, 9.17) is 34.8 Å². The predicted molar refractivity (Wildman–Crippen MR) is 82.9 cm³/mol. The molecule has 7 heteroatoms. The van der Waals surface area contributed by atoms with Crippen LogP contribution in [0.15, 0.2) is 41.5 Å². The van der Waals surface area contributed by atoms with Gasteiger partial charge in [-0.15, -0.1) is 0 Å². The molecule has 0 aliphatic carbocycles. The van der Waals surface area contributed by atoms with Crippen LogP contribution in [0.4, 0.5) is 4.39 Å². The molecule has 3 nitrogen and oxygen atoms in total. The largest absolute Gasteiger partial charge is 0.272 e. The van der Waals surface area contributed by atoms with Crippen LogP contribution in [0.3, 0.4) is 0 Å². The van der Waals surface area contributed by atoms with Crippen LogP contribution >= 0.6 is 34.8 Å². The Balaban J connectivity index is 2.12. The monoisotopic (exact) mass is 344 g/mol. The average Bonchev–Trinajstić information content (AvgIpc) is 2.42. The van der Waals surface area contributed by atoms with Crippen molar-refractivity contribution in [1.29, 1.82) is 0 Å². The van der Waals surface area contributed by atoms with E-state index in [0.717, 1.165) is 6.21 Å². The molecule has 1 amide bonds. The predicted octanol–water partition coefficient (Wildman–Crippen LogP) is 4.55. The number of hydrogen-bond donors (Lipinski definition) is 1. The summed E-state index contributed by atoms with van der Waals surface area (Å²) in [6.07, 6.45) is 1.12. The molecular weight excluding hydrogens is 338 g/mol. The Kier molecular flexibility index (Phi) is 5.17. The minimum absolute atomic E-state index is 0.0849. The Morgan fingerprint density at radius 1 is 1.14 bits per heavy atom. The number of carbonyl (C=O) groups excluding carboxylic acids is 1. The molecule has 108 valence electrons. The van der Waals surface area contributed by atoms with Crippen molar-refractivity contribution in [2.24, 2.45) is 5.10 Å². The van der Waals surface area contributed by atoms with Gasteiger partial charge in [0.05, 0.1) is 21.8 Å². The summed E-state index contributed by atoms with van der Waals surface area (Å²) in [6.45, 7) is 0. The van der Waals surface area contributed by atoms with E-state index in [1.807, 2.05) is 0 Å². The van der Waals surface area contributed by atoms with E-state index in [1.165, 1.54) is 36.4 Å². The molecular formula is C14H8Cl3FN2O. The normalized spacial score (nSPS) is 10.9. The van der Waals surface area contributed by atoms with Gasteiger partial charge in [-0.1, -0.05) is 40.9 Å². The van der Waals surface area contributed by atoms with Gasteiger partial charge in [-0.25, -0.2) is 9.82 Å². The van der Waals surface area contributed by atoms with Crippen LogP contribution in [0, 0.1) is 5.82 Å². The zero-order chi connectivity index (χ0) is 15.4. The Labute approximate surface area is 135 Å². The smallest absolute Gasteiger partial charge is 0.267 e. The van der Waals surface area contributed by atoms with Gasteiger partial charge in [0.2, 0.25) is 0 Å². The van der Waals surface area contributed by atoms with E-state index >= 15 is 0 Å². The highest BCUT2D eigenvalue weighted by Crippen LogP contribution is 2.21. The first-order valence-electron chi connectivity index (χ1n) is 5.71. The molecule has 0 radical (unpaired) electrons. The van der Waals surface area contributed by atoms with Crippen LogP contribution in [-0.4, -0.2) is 12.1 Å². The number of hydrazone groups is 1. The van der Waals surface area contributed by atoms with Gasteiger partial charge in [0.15, 0.2) is 0 Å². The minimum Gasteiger partial charge on any atom is -0.267 e. The quantitative estimate of drug-likeness (QED) is 0.643. The summed E-state index contributed by atoms with van der Waals surface area (Å²) in [4.78, 5) is 11.9. The van der Waals surface area contributed by atoms with Gasteiger partial charge in [-0.2, -0.15) is 5.10 Å². The van der Waals surface area contributed by atoms with Gasteiger partial charge in [0, 0.05) is 10.6 Å². The van der Waals surface area contributed by atoms with Crippen molar-refractivity contribution >= 4 is 46.9 Å². The first-order valence-corrected chi connectivity index (χ1v) is 6.85. The summed E-state index contributed by atoms with van der Waals surface area (Å²) < 4.78 is 13.5. The SMILES string of the molecule is O=C(NN=Cc1c(F)cccc1Cl)c1ccc(Cl)cc1Cl. The van der Waals surface area contributed by atoms with Crippen molar-refractivity contribution in [1.82, 2.24) is 5.43 Å². The van der Waals surface area contributed by atoms with Gasteiger partial charge in [-0.05, 0) is 30.3 Å². The summed E-state index contributed by atoms with van der Waals surface area (Å²) in [6, 6.07) is 8.66. The number of hydrogen-bond acceptors (Lipinski definition) is 2. The third-order valence-corrected chi connectivity index (χ3v) is 3.41. The number of nitrogens with one attached hydrogen (secondary N) is 1. The summed E-state index contributed by atoms with van der Waals surface area (Å²) in [5, 5.41) is 4.46. The van der Waals surface area contributed by atoms with Crippen LogP contribution in [0.1, 0.15) is 15.9 Å². The molecule has 0 aliphatic rings. The molecule has 1 N–H and O–H groups in total. The second kappa shape index (κ2) is 6.89. The molecule has 0 aromatic heterocycles. The van der Waals surface area contributed by atoms with E-state index in [2.05, 4.69) is 10.5 Å². The number of amides is 1. The third-order valence-electron chi connectivity index (χ3n) is 2.54. The van der Waals surface area contributed by atoms with Crippen molar-refractivity contribution in [3.05, 3.63) is 68.4 Å². The lowest BCUT2D eigenvalue weighted by atomic mass is 10.2. The standard InChI is InChI=1S/C14H8Cl3FN2O/c15-8-4-5-9(12(17)6-8)14(21)20-19-7-10-11(16)2-1-3-13(10)18/h1-7H,(H,20,21). The fraction of sp³-hybridized carbons (Fsp3) is 0. The number of rotatable bonds is 3. The van der Waals surface area contributed by atoms with Gasteiger partial charge in [-0.3, -0.25) is 4.79 Å². The number of nitrogens with zero attached hydrogens (tertiary/aromatic N) is 1. The van der Waals surface area contributed by atoms with Gasteiger partial charge in [0.1, 0.15) is 5.82 Å². The van der Waals surface area contributed by atoms with E-state index in [9.17, 15) is 9.18 Å². The molecule has 2 aromatic rings. The van der Waals surface area contributed by atoms with Gasteiger partial charge >= 0.3 is 0 Å². The fourth-order valence-corrected chi connectivity index (χ4v) is 2.23. The maximum Gasteiger partial charge on any atom is 0.272 e. The Morgan fingerprint density at radius 2 is 1.90 bits per heavy atom. The van der Waals surface area contributed by atoms with Crippen LogP contribution in [-0.2, 0) is 0 Å². The second-order valence-corrected chi connectivity index (χ2v) is 5.21. The van der Waals surface area contributed by atoms with Gasteiger partial charge in [0.25, 0.3) is 5.91 Å². The maximum atomic E-state index is 13.5. The van der Waals surface area contributed by atoms with Crippen molar-refractivity contribution in [3.63, 3.8) is 0 Å². The fourth-order valence-electron chi connectivity index (χ4n) is 1.52. The molecule has 0 saturated carbocycles. The zero-order valence-corrected chi connectivity index (χ0v) is 12.7. The molecule has 0 atom stereocenters. The van der Waals surface area contributed by atoms with Crippen molar-refractivity contribution in [3.8, 4) is 0 Å². The lowest BCUT2D eigenvalue weighted by molar-refractivity contribution is 0.0955. The lowest BCUT2D eigenvalue weighted by Gasteiger charge is -2.03. The van der Waals surface area contributed by atoms with Crippen molar-refractivity contribution in [2.45, 2.75) is 0 Å². The molecule has 21 heavy (non-hydrogen) atoms. The summed E-state index contributed by atoms with van der Waals surface area (Å²) >= 11 is 17.5. The third kappa shape index (κ3) is 3.94. The molecule has 2 aromatic carbocycles. The molecule has 0 unspecified atom stereocenters. The van der Waals surface area contributed by atoms with Crippen LogP contribution in [0.2, 0.25) is 15.1 Å². The summed E-state index contributed by atoms with van der Waals surface area (Å²) in [5.74, 6) is -1.08. The topological polar surface area (TPSA) is 41.5 Å². The molecule has 0 heterocycles. The first kappa shape index (κ1) is 15.8. The maximum absolute atomic E-state index is 13.5.